The molecule has 0 fully saturated rings. The summed E-state index contributed by atoms with van der Waals surface area (Å²) in [4.78, 5) is 0. The largest absolute Gasteiger partial charge is 0.482 e. The van der Waals surface area contributed by atoms with E-state index in [2.05, 4.69) is 30.7 Å². The molecule has 0 bridgehead atoms. The first-order valence-electron chi connectivity index (χ1n) is 5.87. The molecule has 0 aliphatic heterocycles. The summed E-state index contributed by atoms with van der Waals surface area (Å²) < 4.78 is 4.69. The van der Waals surface area contributed by atoms with Crippen molar-refractivity contribution in [3.8, 4) is 5.75 Å². The summed E-state index contributed by atoms with van der Waals surface area (Å²) in [5.74, 6) is 0.659. The van der Waals surface area contributed by atoms with E-state index in [0.717, 1.165) is 5.56 Å². The van der Waals surface area contributed by atoms with Crippen molar-refractivity contribution in [2.45, 2.75) is 19.3 Å². The molecular formula is C17H16O. The van der Waals surface area contributed by atoms with Gasteiger partial charge in [0.05, 0.1) is 0 Å². The van der Waals surface area contributed by atoms with Crippen LogP contribution in [0.15, 0.2) is 48.5 Å². The fourth-order valence-electron chi connectivity index (χ4n) is 2.02. The first kappa shape index (κ1) is 12.7. The van der Waals surface area contributed by atoms with Gasteiger partial charge in [-0.15, -0.1) is 0 Å². The Bertz CT molecular complexity index is 506. The van der Waals surface area contributed by atoms with Gasteiger partial charge in [-0.25, -0.2) is 0 Å². The molecule has 0 aliphatic carbocycles. The number of ether oxygens (including phenoxy) is 1. The molecule has 0 aliphatic rings. The smallest absolute Gasteiger partial charge is 0.180 e. The Labute approximate surface area is 109 Å². The van der Waals surface area contributed by atoms with Gasteiger partial charge in [0.15, 0.2) is 7.11 Å². The van der Waals surface area contributed by atoms with Crippen molar-refractivity contribution in [1.82, 2.24) is 0 Å². The number of hydrogen-bond acceptors (Lipinski definition) is 1. The van der Waals surface area contributed by atoms with E-state index < -0.39 is 0 Å². The maximum absolute atomic E-state index is 5.72. The topological polar surface area (TPSA) is 9.23 Å². The molecule has 90 valence electrons. The zero-order chi connectivity index (χ0) is 13.2. The van der Waals surface area contributed by atoms with Gasteiger partial charge in [0.25, 0.3) is 0 Å². The van der Waals surface area contributed by atoms with E-state index in [9.17, 15) is 0 Å². The highest BCUT2D eigenvalue weighted by molar-refractivity contribution is 5.41. The molecule has 2 rings (SSSR count). The third-order valence-corrected chi connectivity index (χ3v) is 3.34. The maximum atomic E-state index is 5.72. The fraction of sp³-hybridized carbons (Fsp3) is 0.176. The number of rotatable bonds is 3. The molecule has 0 unspecified atom stereocenters. The summed E-state index contributed by atoms with van der Waals surface area (Å²) in [5, 5.41) is 0. The predicted molar refractivity (Wildman–Crippen MR) is 73.3 cm³/mol. The lowest BCUT2D eigenvalue weighted by Gasteiger charge is -2.26. The SMILES string of the molecule is [CH]Oc1ccc(C(C)(C)c2ccc([CH])cc2)cc1. The van der Waals surface area contributed by atoms with Crippen LogP contribution in [0.4, 0.5) is 0 Å². The third-order valence-electron chi connectivity index (χ3n) is 3.34. The van der Waals surface area contributed by atoms with Gasteiger partial charge in [0, 0.05) is 5.41 Å². The van der Waals surface area contributed by atoms with Gasteiger partial charge in [-0.2, -0.15) is 0 Å². The number of benzene rings is 2. The summed E-state index contributed by atoms with van der Waals surface area (Å²) in [6.07, 6.45) is 0. The first-order chi connectivity index (χ1) is 8.54. The van der Waals surface area contributed by atoms with Gasteiger partial charge in [0.2, 0.25) is 0 Å². The Hall–Kier alpha value is -1.76. The van der Waals surface area contributed by atoms with Gasteiger partial charge >= 0.3 is 0 Å². The Morgan fingerprint density at radius 2 is 1.28 bits per heavy atom. The van der Waals surface area contributed by atoms with Gasteiger partial charge in [0.1, 0.15) is 5.75 Å². The summed E-state index contributed by atoms with van der Waals surface area (Å²) >= 11 is 0. The average Bonchev–Trinajstić information content (AvgIpc) is 2.39. The Balaban J connectivity index is 2.37. The Kier molecular flexibility index (Phi) is 3.42. The Morgan fingerprint density at radius 3 is 1.72 bits per heavy atom. The zero-order valence-corrected chi connectivity index (χ0v) is 10.7. The van der Waals surface area contributed by atoms with Crippen molar-refractivity contribution < 1.29 is 4.74 Å². The van der Waals surface area contributed by atoms with Crippen LogP contribution < -0.4 is 4.74 Å². The molecule has 0 atom stereocenters. The van der Waals surface area contributed by atoms with Crippen LogP contribution in [0.5, 0.6) is 5.75 Å². The minimum Gasteiger partial charge on any atom is -0.482 e. The van der Waals surface area contributed by atoms with E-state index in [4.69, 9.17) is 14.0 Å². The van der Waals surface area contributed by atoms with Crippen LogP contribution in [0.3, 0.4) is 0 Å². The summed E-state index contributed by atoms with van der Waals surface area (Å²) in [6, 6.07) is 15.8. The van der Waals surface area contributed by atoms with E-state index in [1.54, 1.807) is 0 Å². The van der Waals surface area contributed by atoms with Gasteiger partial charge in [-0.05, 0) is 35.7 Å². The third kappa shape index (κ3) is 2.40. The van der Waals surface area contributed by atoms with E-state index in [-0.39, 0.29) is 5.41 Å². The second kappa shape index (κ2) is 4.85. The monoisotopic (exact) mass is 236 g/mol. The maximum Gasteiger partial charge on any atom is 0.180 e. The second-order valence-corrected chi connectivity index (χ2v) is 4.89. The quantitative estimate of drug-likeness (QED) is 0.779. The van der Waals surface area contributed by atoms with Crippen molar-refractivity contribution in [2.24, 2.45) is 0 Å². The molecule has 0 heterocycles. The molecule has 2 aromatic rings. The summed E-state index contributed by atoms with van der Waals surface area (Å²) in [6.45, 7) is 10.1. The minimum atomic E-state index is -0.0825. The number of hydrogen-bond donors (Lipinski definition) is 0. The molecule has 0 aromatic heterocycles. The van der Waals surface area contributed by atoms with Gasteiger partial charge in [-0.3, -0.25) is 0 Å². The molecule has 0 saturated carbocycles. The lowest BCUT2D eigenvalue weighted by molar-refractivity contribution is 0.472. The molecule has 2 aromatic carbocycles. The highest BCUT2D eigenvalue weighted by atomic mass is 16.5. The average molecular weight is 236 g/mol. The van der Waals surface area contributed by atoms with E-state index >= 15 is 0 Å². The van der Waals surface area contributed by atoms with Gasteiger partial charge < -0.3 is 4.74 Å². The summed E-state index contributed by atoms with van der Waals surface area (Å²) in [5.41, 5.74) is 3.12. The normalized spacial score (nSPS) is 11.3. The standard InChI is InChI=1S/C17H16O/c1-13-5-7-14(8-6-13)17(2,3)15-9-11-16(18-4)12-10-15/h1,4-12H,2-3H3. The van der Waals surface area contributed by atoms with Gasteiger partial charge in [-0.1, -0.05) is 50.2 Å². The lowest BCUT2D eigenvalue weighted by atomic mass is 9.78. The molecule has 0 amide bonds. The fourth-order valence-corrected chi connectivity index (χ4v) is 2.02. The molecular weight excluding hydrogens is 220 g/mol. The van der Waals surface area contributed by atoms with E-state index in [1.807, 2.05) is 36.4 Å². The molecule has 4 radical (unpaired) electrons. The van der Waals surface area contributed by atoms with Crippen molar-refractivity contribution in [1.29, 1.82) is 0 Å². The van der Waals surface area contributed by atoms with Crippen LogP contribution in [-0.4, -0.2) is 0 Å². The zero-order valence-electron chi connectivity index (χ0n) is 10.7. The van der Waals surface area contributed by atoms with Crippen molar-refractivity contribution in [2.75, 3.05) is 0 Å². The van der Waals surface area contributed by atoms with Crippen LogP contribution in [-0.2, 0) is 5.41 Å². The molecule has 1 nitrogen and oxygen atoms in total. The highest BCUT2D eigenvalue weighted by Gasteiger charge is 2.22. The lowest BCUT2D eigenvalue weighted by Crippen LogP contribution is -2.18. The van der Waals surface area contributed by atoms with Crippen molar-refractivity contribution in [3.63, 3.8) is 0 Å². The van der Waals surface area contributed by atoms with Crippen LogP contribution in [0, 0.1) is 14.0 Å². The molecule has 1 heteroatoms. The molecule has 0 spiro atoms. The second-order valence-electron chi connectivity index (χ2n) is 4.89. The highest BCUT2D eigenvalue weighted by Crippen LogP contribution is 2.32. The van der Waals surface area contributed by atoms with Crippen LogP contribution >= 0.6 is 0 Å². The summed E-state index contributed by atoms with van der Waals surface area (Å²) in [7, 11) is 5.12. The molecule has 0 saturated heterocycles. The van der Waals surface area contributed by atoms with Crippen LogP contribution in [0.1, 0.15) is 30.5 Å². The van der Waals surface area contributed by atoms with Crippen molar-refractivity contribution >= 4 is 0 Å². The first-order valence-corrected chi connectivity index (χ1v) is 5.87. The van der Waals surface area contributed by atoms with Crippen LogP contribution in [0.25, 0.3) is 0 Å². The van der Waals surface area contributed by atoms with E-state index in [1.165, 1.54) is 11.1 Å². The minimum absolute atomic E-state index is 0.0825. The molecule has 0 N–H and O–H groups in total. The predicted octanol–water partition coefficient (Wildman–Crippen LogP) is 4.12. The van der Waals surface area contributed by atoms with E-state index in [0.29, 0.717) is 5.75 Å². The Morgan fingerprint density at radius 1 is 0.833 bits per heavy atom. The van der Waals surface area contributed by atoms with Crippen molar-refractivity contribution in [3.05, 3.63) is 79.3 Å². The van der Waals surface area contributed by atoms with Crippen LogP contribution in [0.2, 0.25) is 0 Å². The molecule has 18 heavy (non-hydrogen) atoms.